The van der Waals surface area contributed by atoms with Gasteiger partial charge in [-0.25, -0.2) is 0 Å². The molecule has 3 aromatic rings. The topological polar surface area (TPSA) is 49.4 Å². The lowest BCUT2D eigenvalue weighted by atomic mass is 10.0. The number of nitrogens with zero attached hydrogens (tertiary/aromatic N) is 1. The van der Waals surface area contributed by atoms with Gasteiger partial charge >= 0.3 is 0 Å². The van der Waals surface area contributed by atoms with Gasteiger partial charge in [-0.15, -0.1) is 0 Å². The molecule has 0 saturated heterocycles. The fourth-order valence-electron chi connectivity index (χ4n) is 3.65. The molecule has 2 amide bonds. The van der Waals surface area contributed by atoms with Crippen molar-refractivity contribution in [1.82, 2.24) is 10.2 Å². The van der Waals surface area contributed by atoms with E-state index in [1.54, 1.807) is 24.1 Å². The third-order valence-electron chi connectivity index (χ3n) is 5.29. The molecule has 0 unspecified atom stereocenters. The van der Waals surface area contributed by atoms with Crippen molar-refractivity contribution >= 4 is 35.0 Å². The highest BCUT2D eigenvalue weighted by Gasteiger charge is 2.30. The number of hydrogen-bond acceptors (Lipinski definition) is 2. The maximum absolute atomic E-state index is 13.5. The quantitative estimate of drug-likeness (QED) is 0.491. The first-order chi connectivity index (χ1) is 15.4. The van der Waals surface area contributed by atoms with Crippen LogP contribution in [0.15, 0.2) is 72.8 Å². The molecule has 0 aliphatic heterocycles. The van der Waals surface area contributed by atoms with E-state index >= 15 is 0 Å². The van der Waals surface area contributed by atoms with Gasteiger partial charge in [0.1, 0.15) is 6.04 Å². The Morgan fingerprint density at radius 3 is 2.25 bits per heavy atom. The summed E-state index contributed by atoms with van der Waals surface area (Å²) in [5.41, 5.74) is 3.77. The summed E-state index contributed by atoms with van der Waals surface area (Å²) in [4.78, 5) is 28.1. The van der Waals surface area contributed by atoms with E-state index in [1.807, 2.05) is 67.6 Å². The van der Waals surface area contributed by atoms with E-state index in [2.05, 4.69) is 5.32 Å². The second-order valence-corrected chi connectivity index (χ2v) is 8.57. The Labute approximate surface area is 199 Å². The van der Waals surface area contributed by atoms with E-state index in [9.17, 15) is 9.59 Å². The van der Waals surface area contributed by atoms with Gasteiger partial charge in [-0.1, -0.05) is 89.4 Å². The van der Waals surface area contributed by atoms with Crippen molar-refractivity contribution in [2.45, 2.75) is 32.4 Å². The molecule has 0 spiro atoms. The molecule has 3 aromatic carbocycles. The van der Waals surface area contributed by atoms with E-state index in [4.69, 9.17) is 23.2 Å². The molecule has 0 aliphatic carbocycles. The van der Waals surface area contributed by atoms with Gasteiger partial charge in [-0.05, 0) is 35.7 Å². The molecule has 166 valence electrons. The van der Waals surface area contributed by atoms with Crippen LogP contribution in [-0.4, -0.2) is 29.8 Å². The van der Waals surface area contributed by atoms with Crippen LogP contribution in [0.4, 0.5) is 0 Å². The Kier molecular flexibility index (Phi) is 8.32. The van der Waals surface area contributed by atoms with Crippen molar-refractivity contribution < 1.29 is 9.59 Å². The number of likely N-dealkylation sites (N-methyl/N-ethyl adjacent to an activating group) is 1. The average molecular weight is 469 g/mol. The van der Waals surface area contributed by atoms with Crippen LogP contribution in [0.25, 0.3) is 0 Å². The van der Waals surface area contributed by atoms with Crippen molar-refractivity contribution in [2.24, 2.45) is 0 Å². The van der Waals surface area contributed by atoms with Gasteiger partial charge in [-0.3, -0.25) is 9.59 Å². The van der Waals surface area contributed by atoms with Crippen LogP contribution in [0.2, 0.25) is 10.0 Å². The molecule has 32 heavy (non-hydrogen) atoms. The molecule has 0 heterocycles. The molecule has 1 N–H and O–H groups in total. The number of amides is 2. The monoisotopic (exact) mass is 468 g/mol. The summed E-state index contributed by atoms with van der Waals surface area (Å²) in [6.07, 6.45) is 0.604. The highest BCUT2D eigenvalue weighted by atomic mass is 35.5. The zero-order valence-corrected chi connectivity index (χ0v) is 19.7. The third-order valence-corrected chi connectivity index (χ3v) is 6.03. The highest BCUT2D eigenvalue weighted by molar-refractivity contribution is 6.42. The van der Waals surface area contributed by atoms with Crippen molar-refractivity contribution in [3.05, 3.63) is 105 Å². The minimum Gasteiger partial charge on any atom is -0.357 e. The van der Waals surface area contributed by atoms with E-state index in [-0.39, 0.29) is 24.8 Å². The number of benzene rings is 3. The predicted octanol–water partition coefficient (Wildman–Crippen LogP) is 5.23. The standard InChI is InChI=1S/C26H26Cl2N2O2/c1-18-7-6-10-20(13-18)16-25(31)30(17-21-11-12-22(27)23(28)14-21)24(26(32)29-2)15-19-8-4-3-5-9-19/h3-14,24H,15-17H2,1-2H3,(H,29,32)/t24-/m1/s1. The molecule has 0 saturated carbocycles. The van der Waals surface area contributed by atoms with E-state index < -0.39 is 6.04 Å². The summed E-state index contributed by atoms with van der Waals surface area (Å²) in [5, 5.41) is 3.58. The lowest BCUT2D eigenvalue weighted by Crippen LogP contribution is -2.50. The average Bonchev–Trinajstić information content (AvgIpc) is 2.78. The van der Waals surface area contributed by atoms with Crippen LogP contribution < -0.4 is 5.32 Å². The zero-order valence-electron chi connectivity index (χ0n) is 18.1. The first kappa shape index (κ1) is 23.8. The van der Waals surface area contributed by atoms with E-state index in [1.165, 1.54) is 0 Å². The molecule has 0 radical (unpaired) electrons. The van der Waals surface area contributed by atoms with Crippen LogP contribution in [0.5, 0.6) is 0 Å². The van der Waals surface area contributed by atoms with Crippen LogP contribution in [-0.2, 0) is 29.0 Å². The number of hydrogen-bond donors (Lipinski definition) is 1. The molecule has 0 aliphatic rings. The zero-order chi connectivity index (χ0) is 23.1. The lowest BCUT2D eigenvalue weighted by molar-refractivity contribution is -0.140. The number of carbonyl (C=O) groups is 2. The summed E-state index contributed by atoms with van der Waals surface area (Å²) in [6, 6.07) is 22.1. The van der Waals surface area contributed by atoms with Crippen LogP contribution in [0, 0.1) is 6.92 Å². The van der Waals surface area contributed by atoms with Crippen molar-refractivity contribution in [1.29, 1.82) is 0 Å². The Bertz CT molecular complexity index is 1090. The minimum atomic E-state index is -0.672. The molecule has 4 nitrogen and oxygen atoms in total. The maximum atomic E-state index is 13.5. The lowest BCUT2D eigenvalue weighted by Gasteiger charge is -2.31. The Hall–Kier alpha value is -2.82. The van der Waals surface area contributed by atoms with Crippen molar-refractivity contribution in [3.8, 4) is 0 Å². The van der Waals surface area contributed by atoms with Crippen molar-refractivity contribution in [2.75, 3.05) is 7.05 Å². The number of halogens is 2. The van der Waals surface area contributed by atoms with Crippen LogP contribution >= 0.6 is 23.2 Å². The second kappa shape index (κ2) is 11.2. The Morgan fingerprint density at radius 1 is 0.875 bits per heavy atom. The smallest absolute Gasteiger partial charge is 0.242 e. The number of carbonyl (C=O) groups excluding carboxylic acids is 2. The summed E-state index contributed by atoms with van der Waals surface area (Å²) in [5.74, 6) is -0.349. The van der Waals surface area contributed by atoms with E-state index in [0.717, 1.165) is 22.3 Å². The molecule has 1 atom stereocenters. The molecule has 6 heteroatoms. The Morgan fingerprint density at radius 2 is 1.59 bits per heavy atom. The molecular formula is C26H26Cl2N2O2. The van der Waals surface area contributed by atoms with Gasteiger partial charge in [0.15, 0.2) is 0 Å². The maximum Gasteiger partial charge on any atom is 0.242 e. The summed E-state index contributed by atoms with van der Waals surface area (Å²) >= 11 is 12.3. The van der Waals surface area contributed by atoms with E-state index in [0.29, 0.717) is 16.5 Å². The molecule has 0 fully saturated rings. The van der Waals surface area contributed by atoms with Gasteiger partial charge in [0, 0.05) is 20.0 Å². The number of nitrogens with one attached hydrogen (secondary N) is 1. The number of rotatable bonds is 8. The SMILES string of the molecule is CNC(=O)[C@@H](Cc1ccccc1)N(Cc1ccc(Cl)c(Cl)c1)C(=O)Cc1cccc(C)c1. The first-order valence-electron chi connectivity index (χ1n) is 10.4. The summed E-state index contributed by atoms with van der Waals surface area (Å²) in [7, 11) is 1.59. The number of aryl methyl sites for hydroxylation is 1. The van der Waals surface area contributed by atoms with Gasteiger partial charge in [0.25, 0.3) is 0 Å². The fraction of sp³-hybridized carbons (Fsp3) is 0.231. The predicted molar refractivity (Wildman–Crippen MR) is 130 cm³/mol. The van der Waals surface area contributed by atoms with Crippen LogP contribution in [0.1, 0.15) is 22.3 Å². The Balaban J connectivity index is 1.96. The normalized spacial score (nSPS) is 11.6. The minimum absolute atomic E-state index is 0.133. The summed E-state index contributed by atoms with van der Waals surface area (Å²) < 4.78 is 0. The van der Waals surface area contributed by atoms with Crippen molar-refractivity contribution in [3.63, 3.8) is 0 Å². The second-order valence-electron chi connectivity index (χ2n) is 7.76. The third kappa shape index (κ3) is 6.35. The molecule has 0 aromatic heterocycles. The van der Waals surface area contributed by atoms with Gasteiger partial charge in [0.2, 0.25) is 11.8 Å². The molecular weight excluding hydrogens is 443 g/mol. The van der Waals surface area contributed by atoms with Gasteiger partial charge in [0.05, 0.1) is 16.5 Å². The molecule has 3 rings (SSSR count). The van der Waals surface area contributed by atoms with Crippen LogP contribution in [0.3, 0.4) is 0 Å². The fourth-order valence-corrected chi connectivity index (χ4v) is 3.97. The van der Waals surface area contributed by atoms with Gasteiger partial charge in [-0.2, -0.15) is 0 Å². The largest absolute Gasteiger partial charge is 0.357 e. The first-order valence-corrected chi connectivity index (χ1v) is 11.2. The van der Waals surface area contributed by atoms with Gasteiger partial charge < -0.3 is 10.2 Å². The summed E-state index contributed by atoms with van der Waals surface area (Å²) in [6.45, 7) is 2.23. The highest BCUT2D eigenvalue weighted by Crippen LogP contribution is 2.24. The molecule has 0 bridgehead atoms.